The van der Waals surface area contributed by atoms with E-state index < -0.39 is 0 Å². The quantitative estimate of drug-likeness (QED) is 0.385. The Morgan fingerprint density at radius 1 is 1.34 bits per heavy atom. The van der Waals surface area contributed by atoms with E-state index in [1.807, 2.05) is 50.4 Å². The Hall–Kier alpha value is -1.96. The number of nitrogens with zero attached hydrogens (tertiary/aromatic N) is 3. The highest BCUT2D eigenvalue weighted by atomic mass is 32.2. The predicted octanol–water partition coefficient (Wildman–Crippen LogP) is 5.17. The van der Waals surface area contributed by atoms with Gasteiger partial charge in [0.05, 0.1) is 22.8 Å². The van der Waals surface area contributed by atoms with Crippen molar-refractivity contribution in [2.24, 2.45) is 0 Å². The van der Waals surface area contributed by atoms with Gasteiger partial charge < -0.3 is 4.74 Å². The molecule has 3 aromatic rings. The number of benzene rings is 1. The third-order valence-corrected chi connectivity index (χ3v) is 7.12. The molecule has 1 aliphatic rings. The fourth-order valence-electron chi connectivity index (χ4n) is 3.55. The van der Waals surface area contributed by atoms with Crippen LogP contribution in [0.15, 0.2) is 40.9 Å². The molecule has 2 atom stereocenters. The van der Waals surface area contributed by atoms with Gasteiger partial charge >= 0.3 is 0 Å². The third kappa shape index (κ3) is 4.47. The maximum Gasteiger partial charge on any atom is 0.192 e. The van der Waals surface area contributed by atoms with Gasteiger partial charge in [-0.3, -0.25) is 9.36 Å². The van der Waals surface area contributed by atoms with Gasteiger partial charge in [0, 0.05) is 12.2 Å². The normalized spacial score (nSPS) is 17.6. The van der Waals surface area contributed by atoms with Crippen molar-refractivity contribution >= 4 is 28.9 Å². The molecular weight excluding hydrogens is 402 g/mol. The molecule has 5 nitrogen and oxygen atoms in total. The second-order valence-corrected chi connectivity index (χ2v) is 9.73. The number of thioether (sulfide) groups is 1. The molecule has 0 saturated carbocycles. The van der Waals surface area contributed by atoms with Crippen LogP contribution in [-0.2, 0) is 11.3 Å². The summed E-state index contributed by atoms with van der Waals surface area (Å²) < 4.78 is 7.98. The van der Waals surface area contributed by atoms with Gasteiger partial charge in [-0.15, -0.1) is 21.5 Å². The zero-order valence-corrected chi connectivity index (χ0v) is 18.6. The molecular formula is C22H25N3O2S2. The minimum absolute atomic E-state index is 0.125. The van der Waals surface area contributed by atoms with Crippen molar-refractivity contribution in [3.63, 3.8) is 0 Å². The first-order chi connectivity index (χ1) is 14.0. The van der Waals surface area contributed by atoms with Crippen LogP contribution < -0.4 is 0 Å². The summed E-state index contributed by atoms with van der Waals surface area (Å²) in [4.78, 5) is 14.2. The first-order valence-corrected chi connectivity index (χ1v) is 11.7. The zero-order valence-electron chi connectivity index (χ0n) is 16.9. The SMILES string of the molecule is Cc1ccc(C)c(C(=O)C(C)Sc2nnc(-c3cccs3)n2CC2CCCO2)c1. The average Bonchev–Trinajstić information content (AvgIpc) is 3.46. The highest BCUT2D eigenvalue weighted by Gasteiger charge is 2.25. The lowest BCUT2D eigenvalue weighted by atomic mass is 10.0. The highest BCUT2D eigenvalue weighted by Crippen LogP contribution is 2.32. The summed E-state index contributed by atoms with van der Waals surface area (Å²) in [5.41, 5.74) is 2.89. The summed E-state index contributed by atoms with van der Waals surface area (Å²) in [5, 5.41) is 11.5. The maximum atomic E-state index is 13.1. The summed E-state index contributed by atoms with van der Waals surface area (Å²) in [6, 6.07) is 10.1. The number of ketones is 1. The van der Waals surface area contributed by atoms with Gasteiger partial charge in [-0.2, -0.15) is 0 Å². The summed E-state index contributed by atoms with van der Waals surface area (Å²) in [7, 11) is 0. The first-order valence-electron chi connectivity index (χ1n) is 9.89. The average molecular weight is 428 g/mol. The standard InChI is InChI=1S/C22H25N3O2S2/c1-14-8-9-15(2)18(12-14)20(26)16(3)29-22-24-23-21(19-7-5-11-28-19)25(22)13-17-6-4-10-27-17/h5,7-9,11-12,16-17H,4,6,10,13H2,1-3H3. The van der Waals surface area contributed by atoms with E-state index >= 15 is 0 Å². The van der Waals surface area contributed by atoms with Crippen LogP contribution >= 0.6 is 23.1 Å². The predicted molar refractivity (Wildman–Crippen MR) is 118 cm³/mol. The van der Waals surface area contributed by atoms with Crippen LogP contribution in [0, 0.1) is 13.8 Å². The molecule has 0 bridgehead atoms. The lowest BCUT2D eigenvalue weighted by molar-refractivity contribution is 0.0953. The van der Waals surface area contributed by atoms with Crippen LogP contribution in [-0.4, -0.2) is 38.5 Å². The Bertz CT molecular complexity index is 992. The Morgan fingerprint density at radius 2 is 2.21 bits per heavy atom. The van der Waals surface area contributed by atoms with E-state index in [0.717, 1.165) is 52.0 Å². The number of carbonyl (C=O) groups excluding carboxylic acids is 1. The molecule has 7 heteroatoms. The molecule has 29 heavy (non-hydrogen) atoms. The lowest BCUT2D eigenvalue weighted by Gasteiger charge is -2.16. The molecule has 1 fully saturated rings. The molecule has 0 aliphatic carbocycles. The fraction of sp³-hybridized carbons (Fsp3) is 0.409. The van der Waals surface area contributed by atoms with Crippen molar-refractivity contribution in [1.29, 1.82) is 0 Å². The Morgan fingerprint density at radius 3 is 2.93 bits per heavy atom. The minimum Gasteiger partial charge on any atom is -0.376 e. The zero-order chi connectivity index (χ0) is 20.4. The molecule has 0 radical (unpaired) electrons. The number of rotatable bonds is 7. The number of carbonyl (C=O) groups is 1. The van der Waals surface area contributed by atoms with E-state index in [9.17, 15) is 4.79 Å². The maximum absolute atomic E-state index is 13.1. The molecule has 2 aromatic heterocycles. The number of Topliss-reactive ketones (excluding diaryl/α,β-unsaturated/α-hetero) is 1. The second-order valence-electron chi connectivity index (χ2n) is 7.47. The number of hydrogen-bond donors (Lipinski definition) is 0. The van der Waals surface area contributed by atoms with Gasteiger partial charge in [0.15, 0.2) is 16.8 Å². The number of thiophene rings is 1. The number of ether oxygens (including phenoxy) is 1. The van der Waals surface area contributed by atoms with Gasteiger partial charge in [-0.05, 0) is 56.7 Å². The van der Waals surface area contributed by atoms with Gasteiger partial charge in [0.1, 0.15) is 0 Å². The molecule has 3 heterocycles. The van der Waals surface area contributed by atoms with Crippen molar-refractivity contribution in [2.45, 2.75) is 56.7 Å². The topological polar surface area (TPSA) is 57.0 Å². The summed E-state index contributed by atoms with van der Waals surface area (Å²) >= 11 is 3.12. The van der Waals surface area contributed by atoms with Crippen LogP contribution in [0.5, 0.6) is 0 Å². The van der Waals surface area contributed by atoms with Crippen LogP contribution in [0.25, 0.3) is 10.7 Å². The van der Waals surface area contributed by atoms with E-state index in [1.165, 1.54) is 11.8 Å². The summed E-state index contributed by atoms with van der Waals surface area (Å²) in [5.74, 6) is 0.977. The van der Waals surface area contributed by atoms with E-state index in [-0.39, 0.29) is 17.1 Å². The van der Waals surface area contributed by atoms with Gasteiger partial charge in [-0.1, -0.05) is 35.5 Å². The Labute approximate surface area is 179 Å². The van der Waals surface area contributed by atoms with Gasteiger partial charge in [-0.25, -0.2) is 0 Å². The molecule has 1 aliphatic heterocycles. The van der Waals surface area contributed by atoms with Crippen LogP contribution in [0.1, 0.15) is 41.3 Å². The molecule has 1 saturated heterocycles. The smallest absolute Gasteiger partial charge is 0.192 e. The molecule has 4 rings (SSSR count). The molecule has 0 spiro atoms. The molecule has 2 unspecified atom stereocenters. The molecule has 0 N–H and O–H groups in total. The van der Waals surface area contributed by atoms with E-state index in [0.29, 0.717) is 6.54 Å². The van der Waals surface area contributed by atoms with E-state index in [4.69, 9.17) is 4.74 Å². The van der Waals surface area contributed by atoms with E-state index in [1.54, 1.807) is 11.3 Å². The minimum atomic E-state index is -0.251. The third-order valence-electron chi connectivity index (χ3n) is 5.18. The van der Waals surface area contributed by atoms with Crippen molar-refractivity contribution < 1.29 is 9.53 Å². The van der Waals surface area contributed by atoms with Crippen LogP contribution in [0.3, 0.4) is 0 Å². The summed E-state index contributed by atoms with van der Waals surface area (Å²) in [6.45, 7) is 7.47. The van der Waals surface area contributed by atoms with Gasteiger partial charge in [0.25, 0.3) is 0 Å². The fourth-order valence-corrected chi connectivity index (χ4v) is 5.20. The lowest BCUT2D eigenvalue weighted by Crippen LogP contribution is -2.19. The van der Waals surface area contributed by atoms with Gasteiger partial charge in [0.2, 0.25) is 0 Å². The molecule has 1 aromatic carbocycles. The van der Waals surface area contributed by atoms with Crippen LogP contribution in [0.4, 0.5) is 0 Å². The second kappa shape index (κ2) is 8.81. The Balaban J connectivity index is 1.60. The molecule has 0 amide bonds. The Kier molecular flexibility index (Phi) is 6.18. The van der Waals surface area contributed by atoms with Crippen LogP contribution in [0.2, 0.25) is 0 Å². The largest absolute Gasteiger partial charge is 0.376 e. The number of aryl methyl sites for hydroxylation is 2. The highest BCUT2D eigenvalue weighted by molar-refractivity contribution is 8.00. The van der Waals surface area contributed by atoms with Crippen molar-refractivity contribution in [1.82, 2.24) is 14.8 Å². The first kappa shape index (κ1) is 20.3. The van der Waals surface area contributed by atoms with Crippen molar-refractivity contribution in [2.75, 3.05) is 6.61 Å². The summed E-state index contributed by atoms with van der Waals surface area (Å²) in [6.07, 6.45) is 2.31. The van der Waals surface area contributed by atoms with Crippen molar-refractivity contribution in [3.05, 3.63) is 52.4 Å². The van der Waals surface area contributed by atoms with E-state index in [2.05, 4.69) is 20.8 Å². The number of hydrogen-bond acceptors (Lipinski definition) is 6. The number of aromatic nitrogens is 3. The molecule has 152 valence electrons. The van der Waals surface area contributed by atoms with Crippen molar-refractivity contribution in [3.8, 4) is 10.7 Å². The monoisotopic (exact) mass is 427 g/mol.